The second-order valence-electron chi connectivity index (χ2n) is 8.73. The van der Waals surface area contributed by atoms with Crippen LogP contribution in [-0.4, -0.2) is 63.0 Å². The highest BCUT2D eigenvalue weighted by molar-refractivity contribution is 5.46. The summed E-state index contributed by atoms with van der Waals surface area (Å²) in [6.45, 7) is 1.00. The maximum Gasteiger partial charge on any atom is 0.231 e. The molecule has 10 heteroatoms. The zero-order chi connectivity index (χ0) is 24.5. The second-order valence-corrected chi connectivity index (χ2v) is 8.73. The Balaban J connectivity index is 1.28. The predicted octanol–water partition coefficient (Wildman–Crippen LogP) is 2.50. The quantitative estimate of drug-likeness (QED) is 0.366. The van der Waals surface area contributed by atoms with Gasteiger partial charge in [-0.15, -0.1) is 10.2 Å². The van der Waals surface area contributed by atoms with Crippen LogP contribution < -0.4 is 18.9 Å². The van der Waals surface area contributed by atoms with E-state index in [-0.39, 0.29) is 32.8 Å². The maximum atomic E-state index is 11.2. The number of aliphatic hydroxyl groups is 2. The van der Waals surface area contributed by atoms with E-state index in [1.54, 1.807) is 12.1 Å². The van der Waals surface area contributed by atoms with Crippen molar-refractivity contribution in [3.63, 3.8) is 0 Å². The zero-order valence-electron chi connectivity index (χ0n) is 19.5. The molecule has 0 bridgehead atoms. The minimum absolute atomic E-state index is 0.145. The summed E-state index contributed by atoms with van der Waals surface area (Å²) in [7, 11) is 0. The fourth-order valence-electron chi connectivity index (χ4n) is 4.68. The van der Waals surface area contributed by atoms with E-state index < -0.39 is 6.10 Å². The van der Waals surface area contributed by atoms with Crippen LogP contribution in [0.5, 0.6) is 23.0 Å². The van der Waals surface area contributed by atoms with Gasteiger partial charge in [0.1, 0.15) is 5.82 Å². The van der Waals surface area contributed by atoms with Crippen LogP contribution in [0.3, 0.4) is 0 Å². The SMILES string of the molecule is OC[C@@H](c1ccc2c(c1)OCO2)N(CCc1nnc2ccccn12)C[C@H](O)c1ccc2c(c1)OCO2. The van der Waals surface area contributed by atoms with Gasteiger partial charge in [0.15, 0.2) is 28.6 Å². The average Bonchev–Trinajstić information content (AvgIpc) is 3.66. The van der Waals surface area contributed by atoms with Crippen LogP contribution in [-0.2, 0) is 6.42 Å². The van der Waals surface area contributed by atoms with Gasteiger partial charge in [-0.05, 0) is 47.5 Å². The van der Waals surface area contributed by atoms with E-state index in [9.17, 15) is 10.2 Å². The first-order chi connectivity index (χ1) is 17.7. The van der Waals surface area contributed by atoms with Crippen molar-refractivity contribution in [1.82, 2.24) is 19.5 Å². The largest absolute Gasteiger partial charge is 0.454 e. The first-order valence-electron chi connectivity index (χ1n) is 11.8. The number of rotatable bonds is 9. The van der Waals surface area contributed by atoms with Gasteiger partial charge in [0, 0.05) is 25.7 Å². The van der Waals surface area contributed by atoms with Gasteiger partial charge in [-0.25, -0.2) is 0 Å². The molecule has 186 valence electrons. The first-order valence-corrected chi connectivity index (χ1v) is 11.8. The summed E-state index contributed by atoms with van der Waals surface area (Å²) < 4.78 is 23.8. The monoisotopic (exact) mass is 490 g/mol. The summed E-state index contributed by atoms with van der Waals surface area (Å²) in [6.07, 6.45) is 1.68. The number of hydrogen-bond acceptors (Lipinski definition) is 9. The number of benzene rings is 2. The Morgan fingerprint density at radius 3 is 2.31 bits per heavy atom. The molecule has 0 amide bonds. The van der Waals surface area contributed by atoms with Crippen LogP contribution in [0, 0.1) is 0 Å². The maximum absolute atomic E-state index is 11.2. The van der Waals surface area contributed by atoms with Crippen LogP contribution in [0.1, 0.15) is 29.1 Å². The molecule has 4 heterocycles. The van der Waals surface area contributed by atoms with Gasteiger partial charge in [0.2, 0.25) is 13.6 Å². The highest BCUT2D eigenvalue weighted by Crippen LogP contribution is 2.37. The molecule has 0 spiro atoms. The molecule has 2 aliphatic heterocycles. The molecule has 4 aromatic rings. The molecule has 0 unspecified atom stereocenters. The lowest BCUT2D eigenvalue weighted by Crippen LogP contribution is -2.36. The van der Waals surface area contributed by atoms with Crippen LogP contribution in [0.4, 0.5) is 0 Å². The second kappa shape index (κ2) is 9.65. The van der Waals surface area contributed by atoms with Gasteiger partial charge in [-0.1, -0.05) is 18.2 Å². The van der Waals surface area contributed by atoms with Crippen molar-refractivity contribution in [2.24, 2.45) is 0 Å². The summed E-state index contributed by atoms with van der Waals surface area (Å²) in [5.74, 6) is 3.40. The normalized spacial score (nSPS) is 15.5. The number of aliphatic hydroxyl groups excluding tert-OH is 2. The standard InChI is InChI=1S/C26H26N4O6/c31-14-19(17-4-6-21-23(11-17)35-15-33-21)29(10-8-26-28-27-25-3-1-2-9-30(25)26)13-20(32)18-5-7-22-24(12-18)36-16-34-22/h1-7,9,11-12,19-20,31-32H,8,10,13-16H2/t19-,20-/m0/s1. The molecular formula is C26H26N4O6. The molecule has 6 rings (SSSR count). The van der Waals surface area contributed by atoms with Gasteiger partial charge in [0.25, 0.3) is 0 Å². The molecule has 2 aromatic carbocycles. The van der Waals surface area contributed by atoms with E-state index in [2.05, 4.69) is 15.1 Å². The molecule has 2 atom stereocenters. The minimum Gasteiger partial charge on any atom is -0.454 e. The molecule has 36 heavy (non-hydrogen) atoms. The zero-order valence-corrected chi connectivity index (χ0v) is 19.5. The number of aromatic nitrogens is 3. The third-order valence-corrected chi connectivity index (χ3v) is 6.59. The molecule has 0 fully saturated rings. The molecule has 0 aliphatic carbocycles. The number of fused-ring (bicyclic) bond motifs is 3. The Bertz CT molecular complexity index is 1380. The Hall–Kier alpha value is -3.86. The fourth-order valence-corrected chi connectivity index (χ4v) is 4.68. The van der Waals surface area contributed by atoms with Gasteiger partial charge in [-0.2, -0.15) is 0 Å². The van der Waals surface area contributed by atoms with Crippen LogP contribution in [0.25, 0.3) is 5.65 Å². The van der Waals surface area contributed by atoms with Gasteiger partial charge in [-0.3, -0.25) is 9.30 Å². The molecule has 0 radical (unpaired) electrons. The van der Waals surface area contributed by atoms with E-state index in [0.29, 0.717) is 41.5 Å². The number of hydrogen-bond donors (Lipinski definition) is 2. The van der Waals surface area contributed by atoms with Crippen LogP contribution >= 0.6 is 0 Å². The average molecular weight is 491 g/mol. The van der Waals surface area contributed by atoms with Gasteiger partial charge < -0.3 is 29.2 Å². The Morgan fingerprint density at radius 2 is 1.56 bits per heavy atom. The lowest BCUT2D eigenvalue weighted by Gasteiger charge is -2.32. The molecule has 2 aliphatic rings. The van der Waals surface area contributed by atoms with E-state index in [1.807, 2.05) is 53.1 Å². The molecule has 10 nitrogen and oxygen atoms in total. The topological polar surface area (TPSA) is 111 Å². The third kappa shape index (κ3) is 4.30. The van der Waals surface area contributed by atoms with Gasteiger partial charge >= 0.3 is 0 Å². The van der Waals surface area contributed by atoms with Crippen molar-refractivity contribution in [2.45, 2.75) is 18.6 Å². The lowest BCUT2D eigenvalue weighted by molar-refractivity contribution is 0.0615. The van der Waals surface area contributed by atoms with Gasteiger partial charge in [0.05, 0.1) is 18.8 Å². The van der Waals surface area contributed by atoms with Crippen LogP contribution in [0.2, 0.25) is 0 Å². The van der Waals surface area contributed by atoms with Crippen LogP contribution in [0.15, 0.2) is 60.8 Å². The summed E-state index contributed by atoms with van der Waals surface area (Å²) >= 11 is 0. The van der Waals surface area contributed by atoms with Crippen molar-refractivity contribution >= 4 is 5.65 Å². The van der Waals surface area contributed by atoms with Crippen molar-refractivity contribution in [1.29, 1.82) is 0 Å². The summed E-state index contributed by atoms with van der Waals surface area (Å²) in [6, 6.07) is 16.4. The summed E-state index contributed by atoms with van der Waals surface area (Å²) in [5, 5.41) is 30.3. The van der Waals surface area contributed by atoms with E-state index in [1.165, 1.54) is 0 Å². The Morgan fingerprint density at radius 1 is 0.861 bits per heavy atom. The first kappa shape index (κ1) is 22.6. The number of ether oxygens (including phenoxy) is 4. The molecule has 0 saturated carbocycles. The minimum atomic E-state index is -0.822. The highest BCUT2D eigenvalue weighted by Gasteiger charge is 2.26. The van der Waals surface area contributed by atoms with Crippen molar-refractivity contribution in [3.8, 4) is 23.0 Å². The van der Waals surface area contributed by atoms with Crippen molar-refractivity contribution < 1.29 is 29.2 Å². The Kier molecular flexibility index (Phi) is 6.06. The molecule has 2 N–H and O–H groups in total. The highest BCUT2D eigenvalue weighted by atomic mass is 16.7. The number of pyridine rings is 1. The number of nitrogens with zero attached hydrogens (tertiary/aromatic N) is 4. The third-order valence-electron chi connectivity index (χ3n) is 6.59. The molecule has 0 saturated heterocycles. The van der Waals surface area contributed by atoms with Crippen molar-refractivity contribution in [2.75, 3.05) is 33.3 Å². The molecular weight excluding hydrogens is 464 g/mol. The summed E-state index contributed by atoms with van der Waals surface area (Å²) in [5.41, 5.74) is 2.35. The van der Waals surface area contributed by atoms with E-state index >= 15 is 0 Å². The molecule has 2 aromatic heterocycles. The lowest BCUT2D eigenvalue weighted by atomic mass is 10.0. The van der Waals surface area contributed by atoms with E-state index in [4.69, 9.17) is 18.9 Å². The Labute approximate surface area is 207 Å². The smallest absolute Gasteiger partial charge is 0.231 e. The summed E-state index contributed by atoms with van der Waals surface area (Å²) in [4.78, 5) is 2.05. The van der Waals surface area contributed by atoms with Crippen molar-refractivity contribution in [3.05, 3.63) is 77.7 Å². The fraction of sp³-hybridized carbons (Fsp3) is 0.308. The van der Waals surface area contributed by atoms with E-state index in [0.717, 1.165) is 17.0 Å². The predicted molar refractivity (Wildman–Crippen MR) is 128 cm³/mol.